The minimum absolute atomic E-state index is 0.168. The quantitative estimate of drug-likeness (QED) is 0.498. The molecule has 2 heterocycles. The SMILES string of the molecule is COc1cc(N2CCCC2)c(OC)cc1/C=C1\C(=O)NC(=O)N(c2ccc(Cl)c(Cl)c2)C1=O. The molecule has 0 aromatic heterocycles. The predicted molar refractivity (Wildman–Crippen MR) is 126 cm³/mol. The molecule has 2 aliphatic rings. The van der Waals surface area contributed by atoms with E-state index >= 15 is 0 Å². The lowest BCUT2D eigenvalue weighted by molar-refractivity contribution is -0.122. The molecule has 4 rings (SSSR count). The Bertz CT molecular complexity index is 1170. The second-order valence-corrected chi connectivity index (χ2v) is 8.33. The van der Waals surface area contributed by atoms with E-state index in [1.807, 2.05) is 6.07 Å². The average Bonchev–Trinajstić information content (AvgIpc) is 3.33. The zero-order valence-electron chi connectivity index (χ0n) is 18.0. The van der Waals surface area contributed by atoms with E-state index in [9.17, 15) is 14.4 Å². The lowest BCUT2D eigenvalue weighted by Crippen LogP contribution is -2.54. The van der Waals surface area contributed by atoms with Gasteiger partial charge in [-0.1, -0.05) is 23.2 Å². The highest BCUT2D eigenvalue weighted by atomic mass is 35.5. The highest BCUT2D eigenvalue weighted by Gasteiger charge is 2.37. The van der Waals surface area contributed by atoms with Gasteiger partial charge in [-0.15, -0.1) is 0 Å². The van der Waals surface area contributed by atoms with Crippen LogP contribution in [0.4, 0.5) is 16.2 Å². The molecule has 172 valence electrons. The van der Waals surface area contributed by atoms with Gasteiger partial charge in [0, 0.05) is 24.7 Å². The normalized spacial score (nSPS) is 17.6. The third-order valence-corrected chi connectivity index (χ3v) is 6.28. The third kappa shape index (κ3) is 4.36. The summed E-state index contributed by atoms with van der Waals surface area (Å²) in [6.07, 6.45) is 3.55. The van der Waals surface area contributed by atoms with Crippen molar-refractivity contribution in [2.45, 2.75) is 12.8 Å². The number of imide groups is 2. The number of carbonyl (C=O) groups excluding carboxylic acids is 3. The first kappa shape index (κ1) is 22.9. The summed E-state index contributed by atoms with van der Waals surface area (Å²) in [5.74, 6) is -0.563. The van der Waals surface area contributed by atoms with E-state index in [4.69, 9.17) is 32.7 Å². The molecule has 0 radical (unpaired) electrons. The number of methoxy groups -OCH3 is 2. The summed E-state index contributed by atoms with van der Waals surface area (Å²) in [5, 5.41) is 2.63. The molecular formula is C23H21Cl2N3O5. The van der Waals surface area contributed by atoms with Crippen molar-refractivity contribution in [3.05, 3.63) is 51.5 Å². The summed E-state index contributed by atoms with van der Waals surface area (Å²) in [4.78, 5) is 41.2. The van der Waals surface area contributed by atoms with Gasteiger partial charge in [-0.25, -0.2) is 9.69 Å². The average molecular weight is 490 g/mol. The molecule has 33 heavy (non-hydrogen) atoms. The van der Waals surface area contributed by atoms with Crippen molar-refractivity contribution in [2.75, 3.05) is 37.1 Å². The number of urea groups is 1. The molecule has 0 aliphatic carbocycles. The highest BCUT2D eigenvalue weighted by Crippen LogP contribution is 2.38. The Kier molecular flexibility index (Phi) is 6.49. The van der Waals surface area contributed by atoms with Crippen LogP contribution in [0.3, 0.4) is 0 Å². The van der Waals surface area contributed by atoms with E-state index in [1.165, 1.54) is 31.4 Å². The molecule has 0 unspecified atom stereocenters. The van der Waals surface area contributed by atoms with Crippen LogP contribution in [-0.4, -0.2) is 45.2 Å². The predicted octanol–water partition coefficient (Wildman–Crippen LogP) is 4.28. The molecule has 2 saturated heterocycles. The number of amides is 4. The molecule has 4 amide bonds. The Labute approximate surface area is 200 Å². The monoisotopic (exact) mass is 489 g/mol. The Morgan fingerprint density at radius 2 is 1.64 bits per heavy atom. The highest BCUT2D eigenvalue weighted by molar-refractivity contribution is 6.43. The van der Waals surface area contributed by atoms with Crippen LogP contribution < -0.4 is 24.6 Å². The van der Waals surface area contributed by atoms with Crippen molar-refractivity contribution in [2.24, 2.45) is 0 Å². The van der Waals surface area contributed by atoms with E-state index in [1.54, 1.807) is 13.2 Å². The maximum Gasteiger partial charge on any atom is 0.335 e. The van der Waals surface area contributed by atoms with Crippen LogP contribution in [0, 0.1) is 0 Å². The maximum absolute atomic E-state index is 13.2. The lowest BCUT2D eigenvalue weighted by Gasteiger charge is -2.27. The summed E-state index contributed by atoms with van der Waals surface area (Å²) in [7, 11) is 3.06. The Morgan fingerprint density at radius 1 is 0.939 bits per heavy atom. The number of ether oxygens (including phenoxy) is 2. The first-order chi connectivity index (χ1) is 15.8. The molecule has 1 N–H and O–H groups in total. The number of nitrogens with zero attached hydrogens (tertiary/aromatic N) is 2. The third-order valence-electron chi connectivity index (χ3n) is 5.54. The van der Waals surface area contributed by atoms with Crippen molar-refractivity contribution < 1.29 is 23.9 Å². The molecular weight excluding hydrogens is 469 g/mol. The zero-order valence-corrected chi connectivity index (χ0v) is 19.5. The second kappa shape index (κ2) is 9.33. The smallest absolute Gasteiger partial charge is 0.335 e. The van der Waals surface area contributed by atoms with Gasteiger partial charge in [0.1, 0.15) is 17.1 Å². The molecule has 0 bridgehead atoms. The van der Waals surface area contributed by atoms with Crippen molar-refractivity contribution in [3.8, 4) is 11.5 Å². The van der Waals surface area contributed by atoms with Gasteiger partial charge in [-0.3, -0.25) is 14.9 Å². The van der Waals surface area contributed by atoms with E-state index in [0.29, 0.717) is 17.1 Å². The fourth-order valence-electron chi connectivity index (χ4n) is 3.89. The summed E-state index contributed by atoms with van der Waals surface area (Å²) >= 11 is 12.0. The van der Waals surface area contributed by atoms with Crippen molar-refractivity contribution in [1.29, 1.82) is 0 Å². The standard InChI is InChI=1S/C23H21Cl2N3O5/c1-32-19-12-18(27-7-3-4-8-27)20(33-2)10-13(19)9-15-21(29)26-23(31)28(22(15)30)14-5-6-16(24)17(25)11-14/h5-6,9-12H,3-4,7-8H2,1-2H3,(H,26,29,31)/b15-9+. The van der Waals surface area contributed by atoms with Crippen LogP contribution in [0.2, 0.25) is 10.0 Å². The number of carbonyl (C=O) groups is 3. The van der Waals surface area contributed by atoms with Crippen LogP contribution in [-0.2, 0) is 9.59 Å². The van der Waals surface area contributed by atoms with Crippen molar-refractivity contribution in [3.63, 3.8) is 0 Å². The van der Waals surface area contributed by atoms with Gasteiger partial charge in [0.25, 0.3) is 11.8 Å². The summed E-state index contributed by atoms with van der Waals surface area (Å²) in [6.45, 7) is 1.81. The Morgan fingerprint density at radius 3 is 2.27 bits per heavy atom. The van der Waals surface area contributed by atoms with Crippen LogP contribution in [0.15, 0.2) is 35.9 Å². The van der Waals surface area contributed by atoms with Crippen molar-refractivity contribution in [1.82, 2.24) is 5.32 Å². The maximum atomic E-state index is 13.2. The van der Waals surface area contributed by atoms with Crippen LogP contribution in [0.5, 0.6) is 11.5 Å². The van der Waals surface area contributed by atoms with Gasteiger partial charge >= 0.3 is 6.03 Å². The number of nitrogens with one attached hydrogen (secondary N) is 1. The first-order valence-electron chi connectivity index (χ1n) is 10.2. The largest absolute Gasteiger partial charge is 0.496 e. The van der Waals surface area contributed by atoms with Crippen LogP contribution >= 0.6 is 23.2 Å². The van der Waals surface area contributed by atoms with Crippen molar-refractivity contribution >= 4 is 58.5 Å². The molecule has 2 aromatic rings. The molecule has 0 spiro atoms. The molecule has 0 saturated carbocycles. The zero-order chi connectivity index (χ0) is 23.7. The topological polar surface area (TPSA) is 88.2 Å². The molecule has 2 aliphatic heterocycles. The fourth-order valence-corrected chi connectivity index (χ4v) is 4.19. The van der Waals surface area contributed by atoms with Gasteiger partial charge < -0.3 is 14.4 Å². The number of benzene rings is 2. The Balaban J connectivity index is 1.76. The van der Waals surface area contributed by atoms with E-state index < -0.39 is 17.8 Å². The first-order valence-corrected chi connectivity index (χ1v) is 11.0. The van der Waals surface area contributed by atoms with Gasteiger partial charge in [-0.05, 0) is 43.2 Å². The molecule has 0 atom stereocenters. The van der Waals surface area contributed by atoms with E-state index in [2.05, 4.69) is 10.2 Å². The minimum Gasteiger partial charge on any atom is -0.496 e. The molecule has 2 fully saturated rings. The number of barbiturate groups is 1. The lowest BCUT2D eigenvalue weighted by atomic mass is 10.0. The van der Waals surface area contributed by atoms with E-state index in [0.717, 1.165) is 36.5 Å². The van der Waals surface area contributed by atoms with Gasteiger partial charge in [0.15, 0.2) is 0 Å². The van der Waals surface area contributed by atoms with Crippen LogP contribution in [0.1, 0.15) is 18.4 Å². The van der Waals surface area contributed by atoms with Crippen LogP contribution in [0.25, 0.3) is 6.08 Å². The Hall–Kier alpha value is -3.23. The number of rotatable bonds is 5. The van der Waals surface area contributed by atoms with Gasteiger partial charge in [0.2, 0.25) is 0 Å². The fraction of sp³-hybridized carbons (Fsp3) is 0.261. The number of anilines is 2. The molecule has 8 nitrogen and oxygen atoms in total. The minimum atomic E-state index is -0.880. The number of hydrogen-bond acceptors (Lipinski definition) is 6. The van der Waals surface area contributed by atoms with Gasteiger partial charge in [0.05, 0.1) is 35.6 Å². The number of halogens is 2. The number of hydrogen-bond donors (Lipinski definition) is 1. The van der Waals surface area contributed by atoms with E-state index in [-0.39, 0.29) is 21.3 Å². The summed E-state index contributed by atoms with van der Waals surface area (Å²) < 4.78 is 11.1. The van der Waals surface area contributed by atoms with Gasteiger partial charge in [-0.2, -0.15) is 0 Å². The molecule has 10 heteroatoms. The second-order valence-electron chi connectivity index (χ2n) is 7.52. The molecule has 2 aromatic carbocycles. The summed E-state index contributed by atoms with van der Waals surface area (Å²) in [5.41, 5.74) is 1.27. The summed E-state index contributed by atoms with van der Waals surface area (Å²) in [6, 6.07) is 6.96.